The van der Waals surface area contributed by atoms with Gasteiger partial charge in [-0.15, -0.1) is 0 Å². The van der Waals surface area contributed by atoms with E-state index in [1.165, 1.54) is 17.7 Å². The quantitative estimate of drug-likeness (QED) is 0.901. The molecule has 92 valence electrons. The fourth-order valence-electron chi connectivity index (χ4n) is 2.01. The predicted octanol–water partition coefficient (Wildman–Crippen LogP) is 3.07. The molecule has 0 atom stereocenters. The summed E-state index contributed by atoms with van der Waals surface area (Å²) in [6.07, 6.45) is 0. The largest absolute Gasteiger partial charge is 0.373 e. The van der Waals surface area contributed by atoms with E-state index < -0.39 is 0 Å². The Bertz CT molecular complexity index is 601. The van der Waals surface area contributed by atoms with Gasteiger partial charge in [0.2, 0.25) is 0 Å². The van der Waals surface area contributed by atoms with Crippen LogP contribution in [0.15, 0.2) is 24.3 Å². The first kappa shape index (κ1) is 11.5. The number of hydrogen-bond acceptors (Lipinski definition) is 4. The Hall–Kier alpha value is -1.62. The van der Waals surface area contributed by atoms with E-state index in [2.05, 4.69) is 15.3 Å². The van der Waals surface area contributed by atoms with Crippen LogP contribution in [0.5, 0.6) is 0 Å². The van der Waals surface area contributed by atoms with Crippen LogP contribution < -0.4 is 5.32 Å². The first-order chi connectivity index (χ1) is 8.78. The zero-order chi connectivity index (χ0) is 12.5. The summed E-state index contributed by atoms with van der Waals surface area (Å²) in [5, 5.41) is 3.09. The topological polar surface area (TPSA) is 37.8 Å². The molecule has 0 saturated heterocycles. The molecule has 0 unspecified atom stereocenters. The van der Waals surface area contributed by atoms with Crippen LogP contribution in [0.2, 0.25) is 0 Å². The normalized spacial score (nSPS) is 13.4. The Kier molecular flexibility index (Phi) is 2.91. The SMILES string of the molecule is CNc1nc(-c2cccc(F)c2)nc2c1CSC2. The lowest BCUT2D eigenvalue weighted by molar-refractivity contribution is 0.628. The fraction of sp³-hybridized carbons (Fsp3) is 0.231. The summed E-state index contributed by atoms with van der Waals surface area (Å²) >= 11 is 1.82. The van der Waals surface area contributed by atoms with Gasteiger partial charge in [0, 0.05) is 29.7 Å². The van der Waals surface area contributed by atoms with Gasteiger partial charge < -0.3 is 5.32 Å². The monoisotopic (exact) mass is 261 g/mol. The molecule has 3 rings (SSSR count). The van der Waals surface area contributed by atoms with E-state index in [-0.39, 0.29) is 5.82 Å². The third-order valence-corrected chi connectivity index (χ3v) is 3.87. The molecule has 2 aromatic rings. The maximum absolute atomic E-state index is 13.2. The molecule has 1 N–H and O–H groups in total. The third kappa shape index (κ3) is 1.95. The van der Waals surface area contributed by atoms with E-state index >= 15 is 0 Å². The van der Waals surface area contributed by atoms with Crippen LogP contribution in [0.1, 0.15) is 11.3 Å². The number of nitrogens with zero attached hydrogens (tertiary/aromatic N) is 2. The van der Waals surface area contributed by atoms with Gasteiger partial charge in [0.25, 0.3) is 0 Å². The molecule has 0 radical (unpaired) electrons. The molecule has 0 spiro atoms. The third-order valence-electron chi connectivity index (χ3n) is 2.90. The van der Waals surface area contributed by atoms with E-state index in [9.17, 15) is 4.39 Å². The molecule has 0 bridgehead atoms. The number of halogens is 1. The molecular formula is C13H12FN3S. The Balaban J connectivity index is 2.13. The Morgan fingerprint density at radius 1 is 1.28 bits per heavy atom. The summed E-state index contributed by atoms with van der Waals surface area (Å²) in [6, 6.07) is 6.39. The van der Waals surface area contributed by atoms with Crippen molar-refractivity contribution in [2.45, 2.75) is 11.5 Å². The highest BCUT2D eigenvalue weighted by atomic mass is 32.2. The van der Waals surface area contributed by atoms with E-state index in [0.717, 1.165) is 23.0 Å². The van der Waals surface area contributed by atoms with Crippen molar-refractivity contribution in [1.82, 2.24) is 9.97 Å². The number of nitrogens with one attached hydrogen (secondary N) is 1. The summed E-state index contributed by atoms with van der Waals surface area (Å²) in [5.74, 6) is 3.00. The molecule has 0 aliphatic carbocycles. The highest BCUT2D eigenvalue weighted by Crippen LogP contribution is 2.34. The molecule has 0 saturated carbocycles. The second-order valence-electron chi connectivity index (χ2n) is 4.07. The van der Waals surface area contributed by atoms with Gasteiger partial charge in [-0.3, -0.25) is 0 Å². The minimum Gasteiger partial charge on any atom is -0.373 e. The maximum Gasteiger partial charge on any atom is 0.161 e. The average Bonchev–Trinajstić information content (AvgIpc) is 2.85. The van der Waals surface area contributed by atoms with Gasteiger partial charge in [-0.25, -0.2) is 14.4 Å². The van der Waals surface area contributed by atoms with Crippen LogP contribution in [0.25, 0.3) is 11.4 Å². The molecule has 1 aromatic carbocycles. The molecule has 0 amide bonds. The lowest BCUT2D eigenvalue weighted by Gasteiger charge is -2.09. The maximum atomic E-state index is 13.2. The molecule has 1 aliphatic rings. The van der Waals surface area contributed by atoms with Crippen LogP contribution in [0, 0.1) is 5.82 Å². The van der Waals surface area contributed by atoms with Gasteiger partial charge >= 0.3 is 0 Å². The van der Waals surface area contributed by atoms with Gasteiger partial charge in [-0.1, -0.05) is 12.1 Å². The van der Waals surface area contributed by atoms with Crippen molar-refractivity contribution in [1.29, 1.82) is 0 Å². The minimum atomic E-state index is -0.267. The van der Waals surface area contributed by atoms with Crippen molar-refractivity contribution in [3.63, 3.8) is 0 Å². The molecule has 2 heterocycles. The second-order valence-corrected chi connectivity index (χ2v) is 5.06. The number of anilines is 1. The molecule has 1 aromatic heterocycles. The van der Waals surface area contributed by atoms with Gasteiger partial charge in [0.05, 0.1) is 5.69 Å². The van der Waals surface area contributed by atoms with Gasteiger partial charge in [0.1, 0.15) is 11.6 Å². The molecular weight excluding hydrogens is 249 g/mol. The van der Waals surface area contributed by atoms with Crippen molar-refractivity contribution in [3.05, 3.63) is 41.3 Å². The Morgan fingerprint density at radius 2 is 2.17 bits per heavy atom. The lowest BCUT2D eigenvalue weighted by atomic mass is 10.2. The molecule has 0 fully saturated rings. The zero-order valence-corrected chi connectivity index (χ0v) is 10.7. The lowest BCUT2D eigenvalue weighted by Crippen LogP contribution is -2.03. The number of hydrogen-bond donors (Lipinski definition) is 1. The number of thioether (sulfide) groups is 1. The highest BCUT2D eigenvalue weighted by molar-refractivity contribution is 7.98. The van der Waals surface area contributed by atoms with Crippen LogP contribution in [-0.2, 0) is 11.5 Å². The predicted molar refractivity (Wildman–Crippen MR) is 72.0 cm³/mol. The second kappa shape index (κ2) is 4.57. The standard InChI is InChI=1S/C13H12FN3S/c1-15-13-10-6-18-7-11(10)16-12(17-13)8-3-2-4-9(14)5-8/h2-5H,6-7H2,1H3,(H,15,16,17). The fourth-order valence-corrected chi connectivity index (χ4v) is 3.06. The summed E-state index contributed by atoms with van der Waals surface area (Å²) in [4.78, 5) is 9.01. The van der Waals surface area contributed by atoms with Crippen molar-refractivity contribution >= 4 is 17.6 Å². The summed E-state index contributed by atoms with van der Waals surface area (Å²) < 4.78 is 13.2. The van der Waals surface area contributed by atoms with Crippen molar-refractivity contribution in [2.24, 2.45) is 0 Å². The van der Waals surface area contributed by atoms with Gasteiger partial charge in [-0.2, -0.15) is 11.8 Å². The van der Waals surface area contributed by atoms with Gasteiger partial charge in [-0.05, 0) is 12.1 Å². The Labute approximate surface area is 109 Å². The van der Waals surface area contributed by atoms with Crippen LogP contribution >= 0.6 is 11.8 Å². The van der Waals surface area contributed by atoms with E-state index in [1.807, 2.05) is 24.9 Å². The minimum absolute atomic E-state index is 0.267. The number of aromatic nitrogens is 2. The summed E-state index contributed by atoms with van der Waals surface area (Å²) in [7, 11) is 1.85. The zero-order valence-electron chi connectivity index (χ0n) is 9.90. The molecule has 1 aliphatic heterocycles. The molecule has 5 heteroatoms. The van der Waals surface area contributed by atoms with E-state index in [4.69, 9.17) is 0 Å². The summed E-state index contributed by atoms with van der Waals surface area (Å²) in [6.45, 7) is 0. The first-order valence-corrected chi connectivity index (χ1v) is 6.84. The smallest absolute Gasteiger partial charge is 0.161 e. The number of benzene rings is 1. The van der Waals surface area contributed by atoms with Crippen LogP contribution in [0.4, 0.5) is 10.2 Å². The summed E-state index contributed by atoms with van der Waals surface area (Å²) in [5.41, 5.74) is 2.94. The number of fused-ring (bicyclic) bond motifs is 1. The average molecular weight is 261 g/mol. The van der Waals surface area contributed by atoms with Crippen molar-refractivity contribution < 1.29 is 4.39 Å². The number of rotatable bonds is 2. The van der Waals surface area contributed by atoms with Crippen molar-refractivity contribution in [3.8, 4) is 11.4 Å². The highest BCUT2D eigenvalue weighted by Gasteiger charge is 2.19. The molecule has 18 heavy (non-hydrogen) atoms. The van der Waals surface area contributed by atoms with Crippen LogP contribution in [0.3, 0.4) is 0 Å². The van der Waals surface area contributed by atoms with Gasteiger partial charge in [0.15, 0.2) is 5.82 Å². The van der Waals surface area contributed by atoms with E-state index in [0.29, 0.717) is 11.4 Å². The molecule has 3 nitrogen and oxygen atoms in total. The van der Waals surface area contributed by atoms with Crippen molar-refractivity contribution in [2.75, 3.05) is 12.4 Å². The van der Waals surface area contributed by atoms with Crippen LogP contribution in [-0.4, -0.2) is 17.0 Å². The Morgan fingerprint density at radius 3 is 2.94 bits per heavy atom. The first-order valence-electron chi connectivity index (χ1n) is 5.69. The van der Waals surface area contributed by atoms with E-state index in [1.54, 1.807) is 6.07 Å².